The highest BCUT2D eigenvalue weighted by Crippen LogP contribution is 2.57. The van der Waals surface area contributed by atoms with E-state index in [0.29, 0.717) is 5.69 Å². The number of hydrogen-bond donors (Lipinski definition) is 1. The number of nitrogens with two attached hydrogens (primary N) is 1. The third-order valence-electron chi connectivity index (χ3n) is 6.03. The van der Waals surface area contributed by atoms with E-state index in [-0.39, 0.29) is 17.2 Å². The first kappa shape index (κ1) is 14.1. The quantitative estimate of drug-likeness (QED) is 0.784. The van der Waals surface area contributed by atoms with E-state index < -0.39 is 5.41 Å². The van der Waals surface area contributed by atoms with Crippen LogP contribution in [0, 0.1) is 17.9 Å². The van der Waals surface area contributed by atoms with Gasteiger partial charge in [-0.15, -0.1) is 0 Å². The Hall–Kier alpha value is -1.82. The van der Waals surface area contributed by atoms with E-state index in [4.69, 9.17) is 12.3 Å². The lowest BCUT2D eigenvalue weighted by atomic mass is 9.49. The summed E-state index contributed by atoms with van der Waals surface area (Å²) in [5, 5.41) is 0. The number of rotatable bonds is 1. The highest BCUT2D eigenvalue weighted by molar-refractivity contribution is 5.81. The van der Waals surface area contributed by atoms with Gasteiger partial charge in [-0.1, -0.05) is 38.5 Å². The summed E-state index contributed by atoms with van der Waals surface area (Å²) < 4.78 is 0. The van der Waals surface area contributed by atoms with E-state index in [0.717, 1.165) is 32.1 Å². The van der Waals surface area contributed by atoms with E-state index in [9.17, 15) is 4.79 Å². The van der Waals surface area contributed by atoms with Crippen LogP contribution >= 0.6 is 0 Å². The minimum atomic E-state index is -0.418. The van der Waals surface area contributed by atoms with Crippen LogP contribution in [-0.4, -0.2) is 5.91 Å². The van der Waals surface area contributed by atoms with Crippen molar-refractivity contribution in [3.8, 4) is 0 Å². The van der Waals surface area contributed by atoms with Gasteiger partial charge in [0.25, 0.3) is 0 Å². The van der Waals surface area contributed by atoms with Gasteiger partial charge in [-0.05, 0) is 48.1 Å². The smallest absolute Gasteiger partial charge is 0.223 e. The highest BCUT2D eigenvalue weighted by Gasteiger charge is 2.54. The first-order chi connectivity index (χ1) is 9.91. The number of hydrogen-bond acceptors (Lipinski definition) is 1. The molecule has 0 heterocycles. The number of aryl methyl sites for hydroxylation is 1. The zero-order chi connectivity index (χ0) is 15.3. The van der Waals surface area contributed by atoms with Crippen molar-refractivity contribution in [2.75, 3.05) is 0 Å². The van der Waals surface area contributed by atoms with Crippen LogP contribution in [0.15, 0.2) is 18.2 Å². The van der Waals surface area contributed by atoms with Crippen LogP contribution in [0.5, 0.6) is 0 Å². The average Bonchev–Trinajstić information content (AvgIpc) is 2.46. The molecule has 3 atom stereocenters. The second-order valence-corrected chi connectivity index (χ2v) is 7.10. The van der Waals surface area contributed by atoms with Crippen molar-refractivity contribution < 1.29 is 4.79 Å². The minimum absolute atomic E-state index is 0.0314. The summed E-state index contributed by atoms with van der Waals surface area (Å²) in [6.45, 7) is 11.6. The van der Waals surface area contributed by atoms with Crippen LogP contribution < -0.4 is 5.73 Å². The Balaban J connectivity index is 2.15. The van der Waals surface area contributed by atoms with Gasteiger partial charge >= 0.3 is 0 Å². The van der Waals surface area contributed by atoms with Crippen LogP contribution in [0.3, 0.4) is 0 Å². The average molecular weight is 282 g/mol. The molecular weight excluding hydrogens is 260 g/mol. The minimum Gasteiger partial charge on any atom is -0.369 e. The Kier molecular flexibility index (Phi) is 3.09. The molecular formula is C18H22N2O. The largest absolute Gasteiger partial charge is 0.369 e. The maximum absolute atomic E-state index is 12.1. The number of benzene rings is 1. The maximum atomic E-state index is 12.1. The molecule has 3 unspecified atom stereocenters. The second kappa shape index (κ2) is 4.59. The standard InChI is InChI=1S/C18H22N2O/c1-17-9-4-10-18(2,16(19)21)15(17)8-6-12-5-7-13(20-3)11-14(12)17/h5,7,11,15H,4,6,8-10H2,1-2H3,(H2,19,21). The van der Waals surface area contributed by atoms with Gasteiger partial charge in [0.15, 0.2) is 5.69 Å². The lowest BCUT2D eigenvalue weighted by molar-refractivity contribution is -0.135. The van der Waals surface area contributed by atoms with Crippen LogP contribution in [0.25, 0.3) is 4.85 Å². The predicted molar refractivity (Wildman–Crippen MR) is 83.0 cm³/mol. The Morgan fingerprint density at radius 3 is 2.81 bits per heavy atom. The molecule has 0 spiro atoms. The summed E-state index contributed by atoms with van der Waals surface area (Å²) in [7, 11) is 0. The molecule has 1 saturated carbocycles. The lowest BCUT2D eigenvalue weighted by Gasteiger charge is -2.54. The molecule has 110 valence electrons. The van der Waals surface area contributed by atoms with Crippen molar-refractivity contribution >= 4 is 11.6 Å². The van der Waals surface area contributed by atoms with Gasteiger partial charge in [0, 0.05) is 5.41 Å². The summed E-state index contributed by atoms with van der Waals surface area (Å²) in [6.07, 6.45) is 4.99. The third-order valence-corrected chi connectivity index (χ3v) is 6.03. The van der Waals surface area contributed by atoms with Gasteiger partial charge in [-0.2, -0.15) is 0 Å². The Labute approximate surface area is 126 Å². The molecule has 2 N–H and O–H groups in total. The molecule has 3 heteroatoms. The number of carbonyl (C=O) groups excluding carboxylic acids is 1. The third kappa shape index (κ3) is 1.89. The molecule has 2 aliphatic rings. The second-order valence-electron chi connectivity index (χ2n) is 7.10. The van der Waals surface area contributed by atoms with Crippen molar-refractivity contribution in [3.63, 3.8) is 0 Å². The molecule has 1 amide bonds. The number of nitrogens with zero attached hydrogens (tertiary/aromatic N) is 1. The van der Waals surface area contributed by atoms with Crippen molar-refractivity contribution in [1.29, 1.82) is 0 Å². The number of amides is 1. The van der Waals surface area contributed by atoms with E-state index >= 15 is 0 Å². The zero-order valence-corrected chi connectivity index (χ0v) is 12.8. The van der Waals surface area contributed by atoms with Crippen LogP contribution in [0.4, 0.5) is 5.69 Å². The fraction of sp³-hybridized carbons (Fsp3) is 0.556. The summed E-state index contributed by atoms with van der Waals surface area (Å²) >= 11 is 0. The molecule has 3 rings (SSSR count). The van der Waals surface area contributed by atoms with E-state index in [1.807, 2.05) is 19.1 Å². The Morgan fingerprint density at radius 1 is 1.38 bits per heavy atom. The summed E-state index contributed by atoms with van der Waals surface area (Å²) in [5.41, 5.74) is 8.62. The molecule has 0 bridgehead atoms. The van der Waals surface area contributed by atoms with E-state index in [2.05, 4.69) is 17.8 Å². The van der Waals surface area contributed by atoms with Crippen molar-refractivity contribution in [2.45, 2.75) is 51.4 Å². The molecule has 0 saturated heterocycles. The van der Waals surface area contributed by atoms with Gasteiger partial charge in [-0.25, -0.2) is 4.85 Å². The molecule has 1 fully saturated rings. The van der Waals surface area contributed by atoms with Crippen molar-refractivity contribution in [2.24, 2.45) is 17.1 Å². The summed E-state index contributed by atoms with van der Waals surface area (Å²) in [5.74, 6) is 0.118. The molecule has 2 aliphatic carbocycles. The van der Waals surface area contributed by atoms with Gasteiger partial charge in [0.05, 0.1) is 6.57 Å². The molecule has 3 nitrogen and oxygen atoms in total. The van der Waals surface area contributed by atoms with Crippen LogP contribution in [0.1, 0.15) is 50.7 Å². The SMILES string of the molecule is [C-]#[N+]c1ccc2c(c1)C1(C)CCCC(C)(C(N)=O)C1CC2. The summed E-state index contributed by atoms with van der Waals surface area (Å²) in [4.78, 5) is 15.7. The maximum Gasteiger partial charge on any atom is 0.223 e. The van der Waals surface area contributed by atoms with Crippen LogP contribution in [-0.2, 0) is 16.6 Å². The van der Waals surface area contributed by atoms with Gasteiger partial charge in [-0.3, -0.25) is 4.79 Å². The topological polar surface area (TPSA) is 47.5 Å². The molecule has 0 radical (unpaired) electrons. The number of fused-ring (bicyclic) bond motifs is 3. The van der Waals surface area contributed by atoms with Gasteiger partial charge < -0.3 is 5.73 Å². The summed E-state index contributed by atoms with van der Waals surface area (Å²) in [6, 6.07) is 6.05. The zero-order valence-electron chi connectivity index (χ0n) is 12.8. The monoisotopic (exact) mass is 282 g/mol. The normalized spacial score (nSPS) is 34.4. The first-order valence-corrected chi connectivity index (χ1v) is 7.72. The Morgan fingerprint density at radius 2 is 2.14 bits per heavy atom. The van der Waals surface area contributed by atoms with Crippen molar-refractivity contribution in [1.82, 2.24) is 0 Å². The molecule has 0 aromatic heterocycles. The van der Waals surface area contributed by atoms with E-state index in [1.54, 1.807) is 0 Å². The molecule has 1 aromatic carbocycles. The fourth-order valence-electron chi connectivity index (χ4n) is 4.81. The van der Waals surface area contributed by atoms with Crippen molar-refractivity contribution in [3.05, 3.63) is 40.7 Å². The lowest BCUT2D eigenvalue weighted by Crippen LogP contribution is -2.54. The Bertz CT molecular complexity index is 645. The fourth-order valence-corrected chi connectivity index (χ4v) is 4.81. The first-order valence-electron chi connectivity index (χ1n) is 7.72. The highest BCUT2D eigenvalue weighted by atomic mass is 16.1. The van der Waals surface area contributed by atoms with E-state index in [1.165, 1.54) is 11.1 Å². The van der Waals surface area contributed by atoms with Crippen LogP contribution in [0.2, 0.25) is 0 Å². The predicted octanol–water partition coefficient (Wildman–Crippen LogP) is 3.73. The van der Waals surface area contributed by atoms with Gasteiger partial charge in [0.1, 0.15) is 0 Å². The van der Waals surface area contributed by atoms with Gasteiger partial charge in [0.2, 0.25) is 5.91 Å². The molecule has 0 aliphatic heterocycles. The number of carbonyl (C=O) groups is 1. The number of primary amides is 1. The molecule has 1 aromatic rings. The molecule has 21 heavy (non-hydrogen) atoms.